The molecule has 1 atom stereocenters. The first-order chi connectivity index (χ1) is 14.1. The lowest BCUT2D eigenvalue weighted by atomic mass is 9.97. The van der Waals surface area contributed by atoms with Gasteiger partial charge in [-0.2, -0.15) is 4.68 Å². The van der Waals surface area contributed by atoms with E-state index in [0.717, 1.165) is 25.1 Å². The van der Waals surface area contributed by atoms with Gasteiger partial charge in [-0.25, -0.2) is 9.18 Å². The SMILES string of the molecule is O=C(Nc1ccccc1)[C@@H]1CCCN(Cn2nc(-c3ccc(F)cc3)oc2=O)C1. The van der Waals surface area contributed by atoms with E-state index in [2.05, 4.69) is 10.4 Å². The first-order valence-electron chi connectivity index (χ1n) is 9.50. The Morgan fingerprint density at radius 2 is 1.93 bits per heavy atom. The number of nitrogens with one attached hydrogen (secondary N) is 1. The molecule has 1 saturated heterocycles. The highest BCUT2D eigenvalue weighted by atomic mass is 19.1. The van der Waals surface area contributed by atoms with Gasteiger partial charge in [0.15, 0.2) is 0 Å². The fourth-order valence-electron chi connectivity index (χ4n) is 3.46. The fourth-order valence-corrected chi connectivity index (χ4v) is 3.46. The molecular formula is C21H21FN4O3. The zero-order valence-corrected chi connectivity index (χ0v) is 15.8. The molecule has 0 saturated carbocycles. The summed E-state index contributed by atoms with van der Waals surface area (Å²) in [5.41, 5.74) is 1.30. The summed E-state index contributed by atoms with van der Waals surface area (Å²) < 4.78 is 19.5. The standard InChI is InChI=1S/C21H21FN4O3/c22-17-10-8-15(9-11-17)20-24-26(21(28)29-20)14-25-12-4-5-16(13-25)19(27)23-18-6-2-1-3-7-18/h1-3,6-11,16H,4-5,12-14H2,(H,23,27)/t16-/m1/s1. The molecule has 1 aliphatic heterocycles. The van der Waals surface area contributed by atoms with E-state index in [1.54, 1.807) is 0 Å². The zero-order chi connectivity index (χ0) is 20.2. The van der Waals surface area contributed by atoms with Crippen molar-refractivity contribution in [2.45, 2.75) is 19.5 Å². The van der Waals surface area contributed by atoms with Crippen LogP contribution >= 0.6 is 0 Å². The number of hydrogen-bond donors (Lipinski definition) is 1. The molecule has 0 bridgehead atoms. The lowest BCUT2D eigenvalue weighted by Crippen LogP contribution is -2.42. The van der Waals surface area contributed by atoms with Crippen LogP contribution in [0.1, 0.15) is 12.8 Å². The van der Waals surface area contributed by atoms with E-state index in [1.807, 2.05) is 35.2 Å². The monoisotopic (exact) mass is 396 g/mol. The van der Waals surface area contributed by atoms with Crippen molar-refractivity contribution in [2.75, 3.05) is 18.4 Å². The summed E-state index contributed by atoms with van der Waals surface area (Å²) in [6.45, 7) is 1.53. The van der Waals surface area contributed by atoms with Crippen LogP contribution in [0, 0.1) is 11.7 Å². The van der Waals surface area contributed by atoms with E-state index < -0.39 is 5.76 Å². The summed E-state index contributed by atoms with van der Waals surface area (Å²) in [5.74, 6) is -1.00. The number of para-hydroxylation sites is 1. The number of benzene rings is 2. The van der Waals surface area contributed by atoms with Gasteiger partial charge in [-0.3, -0.25) is 9.69 Å². The van der Waals surface area contributed by atoms with Gasteiger partial charge >= 0.3 is 5.76 Å². The van der Waals surface area contributed by atoms with Gasteiger partial charge in [0.05, 0.1) is 5.92 Å². The average Bonchev–Trinajstić information content (AvgIpc) is 3.10. The molecule has 3 aromatic rings. The van der Waals surface area contributed by atoms with Crippen molar-refractivity contribution >= 4 is 11.6 Å². The normalized spacial score (nSPS) is 17.2. The molecule has 1 amide bonds. The highest BCUT2D eigenvalue weighted by molar-refractivity contribution is 5.92. The molecule has 8 heteroatoms. The van der Waals surface area contributed by atoms with Crippen molar-refractivity contribution in [1.29, 1.82) is 0 Å². The van der Waals surface area contributed by atoms with Gasteiger partial charge in [0.25, 0.3) is 0 Å². The van der Waals surface area contributed by atoms with Crippen LogP contribution < -0.4 is 11.1 Å². The molecule has 1 aliphatic rings. The maximum atomic E-state index is 13.1. The molecule has 2 heterocycles. The first-order valence-corrected chi connectivity index (χ1v) is 9.50. The Morgan fingerprint density at radius 1 is 1.17 bits per heavy atom. The van der Waals surface area contributed by atoms with Crippen LogP contribution in [-0.2, 0) is 11.5 Å². The molecule has 0 spiro atoms. The molecule has 2 aromatic carbocycles. The van der Waals surface area contributed by atoms with Crippen LogP contribution in [0.25, 0.3) is 11.5 Å². The fraction of sp³-hybridized carbons (Fsp3) is 0.286. The summed E-state index contributed by atoms with van der Waals surface area (Å²) in [7, 11) is 0. The van der Waals surface area contributed by atoms with Gasteiger partial charge < -0.3 is 9.73 Å². The third kappa shape index (κ3) is 4.60. The molecule has 0 unspecified atom stereocenters. The number of anilines is 1. The Labute approximate surface area is 166 Å². The molecule has 150 valence electrons. The average molecular weight is 396 g/mol. The van der Waals surface area contributed by atoms with Gasteiger partial charge in [-0.15, -0.1) is 5.10 Å². The van der Waals surface area contributed by atoms with Crippen LogP contribution in [-0.4, -0.2) is 33.7 Å². The predicted octanol–water partition coefficient (Wildman–Crippen LogP) is 2.95. The molecular weight excluding hydrogens is 375 g/mol. The lowest BCUT2D eigenvalue weighted by Gasteiger charge is -2.31. The smallest absolute Gasteiger partial charge is 0.388 e. The maximum absolute atomic E-state index is 13.1. The van der Waals surface area contributed by atoms with E-state index in [1.165, 1.54) is 28.9 Å². The Morgan fingerprint density at radius 3 is 2.69 bits per heavy atom. The summed E-state index contributed by atoms with van der Waals surface area (Å²) >= 11 is 0. The minimum atomic E-state index is -0.583. The Hall–Kier alpha value is -3.26. The number of carbonyl (C=O) groups is 1. The zero-order valence-electron chi connectivity index (χ0n) is 15.8. The van der Waals surface area contributed by atoms with Crippen LogP contribution in [0.2, 0.25) is 0 Å². The number of aromatic nitrogens is 2. The van der Waals surface area contributed by atoms with Crippen LogP contribution in [0.5, 0.6) is 0 Å². The van der Waals surface area contributed by atoms with Gasteiger partial charge in [0, 0.05) is 17.8 Å². The van der Waals surface area contributed by atoms with Gasteiger partial charge in [-0.05, 0) is 55.8 Å². The maximum Gasteiger partial charge on any atom is 0.438 e. The van der Waals surface area contributed by atoms with Crippen LogP contribution in [0.15, 0.2) is 63.8 Å². The third-order valence-corrected chi connectivity index (χ3v) is 4.95. The number of rotatable bonds is 5. The largest absolute Gasteiger partial charge is 0.438 e. The summed E-state index contributed by atoms with van der Waals surface area (Å²) in [5, 5.41) is 7.15. The molecule has 1 fully saturated rings. The molecule has 7 nitrogen and oxygen atoms in total. The predicted molar refractivity (Wildman–Crippen MR) is 106 cm³/mol. The number of hydrogen-bond acceptors (Lipinski definition) is 5. The highest BCUT2D eigenvalue weighted by Crippen LogP contribution is 2.20. The van der Waals surface area contributed by atoms with Crippen LogP contribution in [0.4, 0.5) is 10.1 Å². The number of amides is 1. The van der Waals surface area contributed by atoms with Gasteiger partial charge in [0.1, 0.15) is 12.5 Å². The Bertz CT molecular complexity index is 1030. The third-order valence-electron chi connectivity index (χ3n) is 4.95. The quantitative estimate of drug-likeness (QED) is 0.717. The van der Waals surface area contributed by atoms with E-state index in [-0.39, 0.29) is 30.2 Å². The number of halogens is 1. The topological polar surface area (TPSA) is 80.4 Å². The van der Waals surface area contributed by atoms with E-state index in [0.29, 0.717) is 12.1 Å². The molecule has 1 N–H and O–H groups in total. The minimum Gasteiger partial charge on any atom is -0.388 e. The minimum absolute atomic E-state index is 0.0274. The molecule has 4 rings (SSSR count). The Balaban J connectivity index is 1.41. The number of piperidine rings is 1. The molecule has 29 heavy (non-hydrogen) atoms. The number of likely N-dealkylation sites (tertiary alicyclic amines) is 1. The number of nitrogens with zero attached hydrogens (tertiary/aromatic N) is 3. The second-order valence-corrected chi connectivity index (χ2v) is 7.09. The van der Waals surface area contributed by atoms with Crippen molar-refractivity contribution in [1.82, 2.24) is 14.7 Å². The summed E-state index contributed by atoms with van der Waals surface area (Å²) in [6, 6.07) is 14.9. The first kappa shape index (κ1) is 19.1. The number of carbonyl (C=O) groups excluding carboxylic acids is 1. The van der Waals surface area contributed by atoms with Gasteiger partial charge in [0.2, 0.25) is 11.8 Å². The van der Waals surface area contributed by atoms with Crippen molar-refractivity contribution in [3.05, 3.63) is 71.0 Å². The van der Waals surface area contributed by atoms with E-state index in [4.69, 9.17) is 4.42 Å². The van der Waals surface area contributed by atoms with E-state index >= 15 is 0 Å². The van der Waals surface area contributed by atoms with E-state index in [9.17, 15) is 14.0 Å². The van der Waals surface area contributed by atoms with Crippen molar-refractivity contribution in [2.24, 2.45) is 5.92 Å². The molecule has 0 radical (unpaired) electrons. The van der Waals surface area contributed by atoms with Crippen LogP contribution in [0.3, 0.4) is 0 Å². The Kier molecular flexibility index (Phi) is 5.53. The molecule has 1 aromatic heterocycles. The lowest BCUT2D eigenvalue weighted by molar-refractivity contribution is -0.121. The highest BCUT2D eigenvalue weighted by Gasteiger charge is 2.26. The van der Waals surface area contributed by atoms with Gasteiger partial charge in [-0.1, -0.05) is 18.2 Å². The van der Waals surface area contributed by atoms with Crippen molar-refractivity contribution in [3.8, 4) is 11.5 Å². The summed E-state index contributed by atoms with van der Waals surface area (Å²) in [4.78, 5) is 26.8. The second kappa shape index (κ2) is 8.40. The molecule has 0 aliphatic carbocycles. The van der Waals surface area contributed by atoms with Crippen molar-refractivity contribution < 1.29 is 13.6 Å². The summed E-state index contributed by atoms with van der Waals surface area (Å²) in [6.07, 6.45) is 1.65. The van der Waals surface area contributed by atoms with Crippen molar-refractivity contribution in [3.63, 3.8) is 0 Å². The second-order valence-electron chi connectivity index (χ2n) is 7.09.